The first-order valence-corrected chi connectivity index (χ1v) is 7.45. The minimum absolute atomic E-state index is 0.0945. The molecule has 0 aromatic heterocycles. The molecule has 1 aromatic carbocycles. The Labute approximate surface area is 134 Å². The predicted molar refractivity (Wildman–Crippen MR) is 87.7 cm³/mol. The molecule has 2 nitrogen and oxygen atoms in total. The summed E-state index contributed by atoms with van der Waals surface area (Å²) in [5.41, 5.74) is 0.786. The third-order valence-electron chi connectivity index (χ3n) is 3.21. The van der Waals surface area contributed by atoms with Crippen LogP contribution in [0.25, 0.3) is 0 Å². The van der Waals surface area contributed by atoms with E-state index in [0.29, 0.717) is 5.70 Å². The Morgan fingerprint density at radius 2 is 1.74 bits per heavy atom. The molecule has 0 radical (unpaired) electrons. The number of aryl methyl sites for hydroxylation is 1. The van der Waals surface area contributed by atoms with Crippen LogP contribution in [0.15, 0.2) is 53.4 Å². The maximum absolute atomic E-state index is 14.4. The van der Waals surface area contributed by atoms with Crippen molar-refractivity contribution in [3.63, 3.8) is 0 Å². The number of allylic oxidation sites excluding steroid dienone is 4. The molecular weight excluding hydrogens is 301 g/mol. The van der Waals surface area contributed by atoms with Gasteiger partial charge in [-0.3, -0.25) is 0 Å². The van der Waals surface area contributed by atoms with E-state index in [-0.39, 0.29) is 23.3 Å². The van der Waals surface area contributed by atoms with Crippen LogP contribution in [0, 0.1) is 12.7 Å². The first kappa shape index (κ1) is 17.2. The zero-order chi connectivity index (χ0) is 17.2. The molecule has 0 amide bonds. The van der Waals surface area contributed by atoms with E-state index in [1.54, 1.807) is 19.1 Å². The van der Waals surface area contributed by atoms with Gasteiger partial charge in [0.05, 0.1) is 11.4 Å². The lowest BCUT2D eigenvalue weighted by Gasteiger charge is -2.26. The first-order valence-electron chi connectivity index (χ1n) is 7.45. The second-order valence-electron chi connectivity index (χ2n) is 6.58. The fourth-order valence-corrected chi connectivity index (χ4v) is 2.21. The van der Waals surface area contributed by atoms with Crippen LogP contribution in [0.1, 0.15) is 32.8 Å². The Morgan fingerprint density at radius 1 is 1.04 bits per heavy atom. The first-order chi connectivity index (χ1) is 10.7. The third kappa shape index (κ3) is 4.41. The highest BCUT2D eigenvalue weighted by molar-refractivity contribution is 5.57. The largest absolute Gasteiger partial charge is 0.379 e. The van der Waals surface area contributed by atoms with E-state index in [9.17, 15) is 13.2 Å². The summed E-state index contributed by atoms with van der Waals surface area (Å²) in [7, 11) is 0. The minimum atomic E-state index is -1.04. The molecule has 1 aliphatic rings. The molecule has 0 bridgehead atoms. The Kier molecular flexibility index (Phi) is 4.88. The van der Waals surface area contributed by atoms with Crippen LogP contribution < -0.4 is 10.6 Å². The monoisotopic (exact) mass is 322 g/mol. The lowest BCUT2D eigenvalue weighted by Crippen LogP contribution is -2.36. The van der Waals surface area contributed by atoms with Gasteiger partial charge in [-0.15, -0.1) is 0 Å². The van der Waals surface area contributed by atoms with Crippen molar-refractivity contribution >= 4 is 5.69 Å². The van der Waals surface area contributed by atoms with Crippen molar-refractivity contribution in [2.75, 3.05) is 5.32 Å². The van der Waals surface area contributed by atoms with Crippen molar-refractivity contribution < 1.29 is 13.2 Å². The standard InChI is InChI=1S/C18H21F3N2/c1-11-8-9-14(13(20)10-11)22-17-15(23-18(2,3)4)7-5-6-12(19)16(17)21/h6-10,22-23H,5H2,1-4H3. The predicted octanol–water partition coefficient (Wildman–Crippen LogP) is 5.26. The van der Waals surface area contributed by atoms with E-state index < -0.39 is 17.5 Å². The van der Waals surface area contributed by atoms with Gasteiger partial charge in [-0.25, -0.2) is 13.2 Å². The van der Waals surface area contributed by atoms with E-state index in [1.807, 2.05) is 20.8 Å². The maximum Gasteiger partial charge on any atom is 0.183 e. The molecule has 0 saturated carbocycles. The van der Waals surface area contributed by atoms with Crippen LogP contribution in [-0.2, 0) is 0 Å². The molecule has 0 heterocycles. The molecule has 0 spiro atoms. The van der Waals surface area contributed by atoms with Gasteiger partial charge in [0.1, 0.15) is 11.5 Å². The van der Waals surface area contributed by atoms with E-state index in [2.05, 4.69) is 10.6 Å². The third-order valence-corrected chi connectivity index (χ3v) is 3.21. The fraction of sp³-hybridized carbons (Fsp3) is 0.333. The Hall–Kier alpha value is -2.17. The van der Waals surface area contributed by atoms with Crippen LogP contribution in [0.2, 0.25) is 0 Å². The topological polar surface area (TPSA) is 24.1 Å². The molecule has 1 aromatic rings. The number of hydrogen-bond acceptors (Lipinski definition) is 2. The second-order valence-corrected chi connectivity index (χ2v) is 6.58. The van der Waals surface area contributed by atoms with Crippen molar-refractivity contribution in [3.05, 3.63) is 64.8 Å². The van der Waals surface area contributed by atoms with Crippen molar-refractivity contribution in [3.8, 4) is 0 Å². The van der Waals surface area contributed by atoms with Crippen molar-refractivity contribution in [2.24, 2.45) is 0 Å². The SMILES string of the molecule is Cc1ccc(NC2=C(F)C(F)=CCC=C2NC(C)(C)C)c(F)c1. The van der Waals surface area contributed by atoms with Gasteiger partial charge in [-0.05, 0) is 57.9 Å². The molecule has 124 valence electrons. The van der Waals surface area contributed by atoms with Crippen LogP contribution in [0.4, 0.5) is 18.9 Å². The highest BCUT2D eigenvalue weighted by atomic mass is 19.2. The van der Waals surface area contributed by atoms with Gasteiger partial charge < -0.3 is 10.6 Å². The molecule has 2 rings (SSSR count). The van der Waals surface area contributed by atoms with E-state index in [0.717, 1.165) is 11.6 Å². The van der Waals surface area contributed by atoms with Crippen molar-refractivity contribution in [2.45, 2.75) is 39.7 Å². The van der Waals surface area contributed by atoms with Gasteiger partial charge >= 0.3 is 0 Å². The molecule has 0 saturated heterocycles. The number of hydrogen-bond donors (Lipinski definition) is 2. The van der Waals surface area contributed by atoms with E-state index in [1.165, 1.54) is 12.1 Å². The zero-order valence-corrected chi connectivity index (χ0v) is 13.7. The molecular formula is C18H21F3N2. The Balaban J connectivity index is 2.43. The summed E-state index contributed by atoms with van der Waals surface area (Å²) in [5.74, 6) is -2.51. The van der Waals surface area contributed by atoms with E-state index >= 15 is 0 Å². The highest BCUT2D eigenvalue weighted by Gasteiger charge is 2.22. The molecule has 2 N–H and O–H groups in total. The van der Waals surface area contributed by atoms with Crippen molar-refractivity contribution in [1.82, 2.24) is 5.32 Å². The van der Waals surface area contributed by atoms with E-state index in [4.69, 9.17) is 0 Å². The molecule has 23 heavy (non-hydrogen) atoms. The Bertz CT molecular complexity index is 695. The van der Waals surface area contributed by atoms with Gasteiger partial charge in [0.15, 0.2) is 11.7 Å². The summed E-state index contributed by atoms with van der Waals surface area (Å²) in [6.07, 6.45) is 3.07. The number of rotatable bonds is 3. The average Bonchev–Trinajstić information content (AvgIpc) is 2.54. The minimum Gasteiger partial charge on any atom is -0.379 e. The van der Waals surface area contributed by atoms with Gasteiger partial charge in [-0.2, -0.15) is 0 Å². The quantitative estimate of drug-likeness (QED) is 0.793. The number of anilines is 1. The molecule has 0 aliphatic heterocycles. The lowest BCUT2D eigenvalue weighted by atomic mass is 10.1. The normalized spacial score (nSPS) is 15.8. The zero-order valence-electron chi connectivity index (χ0n) is 13.7. The molecule has 0 unspecified atom stereocenters. The molecule has 0 fully saturated rings. The van der Waals surface area contributed by atoms with Gasteiger partial charge in [0.2, 0.25) is 0 Å². The lowest BCUT2D eigenvalue weighted by molar-refractivity contribution is 0.472. The van der Waals surface area contributed by atoms with Crippen molar-refractivity contribution in [1.29, 1.82) is 0 Å². The van der Waals surface area contributed by atoms with Crippen LogP contribution >= 0.6 is 0 Å². The molecule has 0 atom stereocenters. The molecule has 1 aliphatic carbocycles. The number of halogens is 3. The summed E-state index contributed by atoms with van der Waals surface area (Å²) in [4.78, 5) is 0. The number of nitrogens with one attached hydrogen (secondary N) is 2. The van der Waals surface area contributed by atoms with Gasteiger partial charge in [0.25, 0.3) is 0 Å². The summed E-state index contributed by atoms with van der Waals surface area (Å²) < 4.78 is 42.2. The smallest absolute Gasteiger partial charge is 0.183 e. The Morgan fingerprint density at radius 3 is 2.35 bits per heavy atom. The summed E-state index contributed by atoms with van der Waals surface area (Å²) >= 11 is 0. The second kappa shape index (κ2) is 6.52. The maximum atomic E-state index is 14.4. The number of benzene rings is 1. The summed E-state index contributed by atoms with van der Waals surface area (Å²) in [5, 5.41) is 5.82. The summed E-state index contributed by atoms with van der Waals surface area (Å²) in [6, 6.07) is 4.55. The van der Waals surface area contributed by atoms with Gasteiger partial charge in [-0.1, -0.05) is 12.1 Å². The average molecular weight is 322 g/mol. The van der Waals surface area contributed by atoms with Crippen LogP contribution in [-0.4, -0.2) is 5.54 Å². The summed E-state index contributed by atoms with van der Waals surface area (Å²) in [6.45, 7) is 7.48. The fourth-order valence-electron chi connectivity index (χ4n) is 2.21. The highest BCUT2D eigenvalue weighted by Crippen LogP contribution is 2.29. The van der Waals surface area contributed by atoms with Gasteiger partial charge in [0, 0.05) is 5.54 Å². The molecule has 5 heteroatoms. The van der Waals surface area contributed by atoms with Crippen LogP contribution in [0.5, 0.6) is 0 Å². The van der Waals surface area contributed by atoms with Crippen LogP contribution in [0.3, 0.4) is 0 Å².